The standard InChI is InChI=1S/C23H26BN3O6S/c28-23(26-22(33-24(29)30)14-17-9-10-17)20(13-16-5-2-1-3-6-16)27-34(31,32)21-8-4-7-18-15-25-12-11-19(18)21/h1-8,11-12,15,17,20,22,27,29-30H,9-10,13-14H2,(H,26,28)/t20-,22+/m0/s1. The van der Waals surface area contributed by atoms with E-state index in [9.17, 15) is 23.3 Å². The van der Waals surface area contributed by atoms with Crippen LogP contribution in [0.1, 0.15) is 24.8 Å². The molecule has 3 aromatic rings. The number of nitrogens with zero attached hydrogens (tertiary/aromatic N) is 1. The van der Waals surface area contributed by atoms with Crippen molar-refractivity contribution in [3.8, 4) is 0 Å². The van der Waals surface area contributed by atoms with Crippen molar-refractivity contribution in [1.29, 1.82) is 0 Å². The summed E-state index contributed by atoms with van der Waals surface area (Å²) in [5.41, 5.74) is 0.759. The zero-order chi connectivity index (χ0) is 24.1. The Bertz CT molecular complexity index is 1230. The maximum absolute atomic E-state index is 13.4. The van der Waals surface area contributed by atoms with Gasteiger partial charge < -0.3 is 20.0 Å². The number of aromatic nitrogens is 1. The average Bonchev–Trinajstić information content (AvgIpc) is 3.62. The number of benzene rings is 2. The summed E-state index contributed by atoms with van der Waals surface area (Å²) in [6, 6.07) is 14.3. The zero-order valence-electron chi connectivity index (χ0n) is 18.4. The minimum absolute atomic E-state index is 0.0369. The Morgan fingerprint density at radius 1 is 1.12 bits per heavy atom. The van der Waals surface area contributed by atoms with Gasteiger partial charge >= 0.3 is 7.32 Å². The van der Waals surface area contributed by atoms with Crippen molar-refractivity contribution in [3.05, 3.63) is 72.6 Å². The highest BCUT2D eigenvalue weighted by atomic mass is 32.2. The van der Waals surface area contributed by atoms with E-state index in [2.05, 4.69) is 15.0 Å². The molecular weight excluding hydrogens is 457 g/mol. The highest BCUT2D eigenvalue weighted by molar-refractivity contribution is 7.89. The SMILES string of the molecule is O=C(N[C@@H](CC1CC1)OB(O)O)[C@H](Cc1ccccc1)NS(=O)(=O)c1cccc2cnccc12. The maximum atomic E-state index is 13.4. The van der Waals surface area contributed by atoms with E-state index in [-0.39, 0.29) is 11.3 Å². The summed E-state index contributed by atoms with van der Waals surface area (Å²) in [7, 11) is -6.16. The molecule has 0 aliphatic heterocycles. The Morgan fingerprint density at radius 3 is 2.59 bits per heavy atom. The summed E-state index contributed by atoms with van der Waals surface area (Å²) in [6.45, 7) is 0. The van der Waals surface area contributed by atoms with Gasteiger partial charge in [-0.1, -0.05) is 55.3 Å². The minimum Gasteiger partial charge on any atom is -0.402 e. The van der Waals surface area contributed by atoms with Crippen LogP contribution in [-0.2, 0) is 25.9 Å². The van der Waals surface area contributed by atoms with Crippen molar-refractivity contribution in [2.45, 2.75) is 42.8 Å². The molecule has 1 aromatic heterocycles. The lowest BCUT2D eigenvalue weighted by Gasteiger charge is -2.24. The van der Waals surface area contributed by atoms with Gasteiger partial charge in [-0.25, -0.2) is 8.42 Å². The van der Waals surface area contributed by atoms with Crippen molar-refractivity contribution in [2.75, 3.05) is 0 Å². The first-order chi connectivity index (χ1) is 16.3. The van der Waals surface area contributed by atoms with Crippen LogP contribution >= 0.6 is 0 Å². The van der Waals surface area contributed by atoms with E-state index in [1.165, 1.54) is 12.3 Å². The summed E-state index contributed by atoms with van der Waals surface area (Å²) in [4.78, 5) is 17.3. The highest BCUT2D eigenvalue weighted by Gasteiger charge is 2.33. The van der Waals surface area contributed by atoms with Gasteiger partial charge in [-0.15, -0.1) is 0 Å². The van der Waals surface area contributed by atoms with Crippen LogP contribution in [0.4, 0.5) is 0 Å². The Morgan fingerprint density at radius 2 is 1.88 bits per heavy atom. The predicted octanol–water partition coefficient (Wildman–Crippen LogP) is 1.35. The number of amides is 1. The molecule has 0 radical (unpaired) electrons. The van der Waals surface area contributed by atoms with Crippen molar-refractivity contribution >= 4 is 34.0 Å². The first-order valence-corrected chi connectivity index (χ1v) is 12.5. The summed E-state index contributed by atoms with van der Waals surface area (Å²) in [6.07, 6.45) is 4.56. The summed E-state index contributed by atoms with van der Waals surface area (Å²) >= 11 is 0. The molecule has 1 aliphatic carbocycles. The fourth-order valence-electron chi connectivity index (χ4n) is 3.83. The third-order valence-electron chi connectivity index (χ3n) is 5.66. The third kappa shape index (κ3) is 6.40. The largest absolute Gasteiger partial charge is 0.635 e. The van der Waals surface area contributed by atoms with Gasteiger partial charge in [0, 0.05) is 23.2 Å². The number of sulfonamides is 1. The van der Waals surface area contributed by atoms with E-state index in [1.807, 2.05) is 6.07 Å². The smallest absolute Gasteiger partial charge is 0.402 e. The molecule has 0 spiro atoms. The molecule has 2 aromatic carbocycles. The van der Waals surface area contributed by atoms with Crippen molar-refractivity contribution in [2.24, 2.45) is 5.92 Å². The van der Waals surface area contributed by atoms with Crippen LogP contribution < -0.4 is 10.0 Å². The third-order valence-corrected chi connectivity index (χ3v) is 7.19. The van der Waals surface area contributed by atoms with E-state index >= 15 is 0 Å². The Balaban J connectivity index is 1.60. The number of nitrogens with one attached hydrogen (secondary N) is 2. The van der Waals surface area contributed by atoms with Crippen molar-refractivity contribution < 1.29 is 27.9 Å². The van der Waals surface area contributed by atoms with Crippen LogP contribution in [0.2, 0.25) is 0 Å². The van der Waals surface area contributed by atoms with E-state index < -0.39 is 35.5 Å². The number of rotatable bonds is 11. The monoisotopic (exact) mass is 483 g/mol. The molecule has 9 nitrogen and oxygen atoms in total. The quantitative estimate of drug-likeness (QED) is 0.239. The van der Waals surface area contributed by atoms with Crippen LogP contribution in [0.15, 0.2) is 71.9 Å². The van der Waals surface area contributed by atoms with E-state index in [1.54, 1.807) is 48.7 Å². The topological polar surface area (TPSA) is 138 Å². The zero-order valence-corrected chi connectivity index (χ0v) is 19.2. The molecule has 1 heterocycles. The molecule has 4 rings (SSSR count). The molecule has 1 amide bonds. The molecule has 34 heavy (non-hydrogen) atoms. The normalized spacial score (nSPS) is 15.6. The lowest BCUT2D eigenvalue weighted by Crippen LogP contribution is -2.52. The van der Waals surface area contributed by atoms with Gasteiger partial charge in [-0.05, 0) is 36.5 Å². The lowest BCUT2D eigenvalue weighted by molar-refractivity contribution is -0.125. The van der Waals surface area contributed by atoms with Gasteiger partial charge in [0.2, 0.25) is 15.9 Å². The Kier molecular flexibility index (Phi) is 7.59. The second kappa shape index (κ2) is 10.6. The fourth-order valence-corrected chi connectivity index (χ4v) is 5.25. The lowest BCUT2D eigenvalue weighted by atomic mass is 10.1. The van der Waals surface area contributed by atoms with Crippen LogP contribution in [0.5, 0.6) is 0 Å². The number of fused-ring (bicyclic) bond motifs is 1. The molecule has 11 heteroatoms. The molecule has 1 saturated carbocycles. The maximum Gasteiger partial charge on any atom is 0.635 e. The van der Waals surface area contributed by atoms with Crippen LogP contribution in [0.3, 0.4) is 0 Å². The second-order valence-corrected chi connectivity index (χ2v) is 10.0. The molecule has 0 unspecified atom stereocenters. The van der Waals surface area contributed by atoms with E-state index in [4.69, 9.17) is 4.65 Å². The summed E-state index contributed by atoms with van der Waals surface area (Å²) in [5, 5.41) is 22.3. The minimum atomic E-state index is -4.10. The van der Waals surface area contributed by atoms with Gasteiger partial charge in [0.15, 0.2) is 0 Å². The number of carbonyl (C=O) groups excluding carboxylic acids is 1. The second-order valence-electron chi connectivity index (χ2n) is 8.36. The van der Waals surface area contributed by atoms with E-state index in [0.717, 1.165) is 18.4 Å². The van der Waals surface area contributed by atoms with Gasteiger partial charge in [0.05, 0.1) is 4.90 Å². The number of hydrogen-bond acceptors (Lipinski definition) is 7. The molecule has 0 saturated heterocycles. The first kappa shape index (κ1) is 24.3. The Hall–Kier alpha value is -2.83. The predicted molar refractivity (Wildman–Crippen MR) is 127 cm³/mol. The summed E-state index contributed by atoms with van der Waals surface area (Å²) in [5.74, 6) is -0.307. The van der Waals surface area contributed by atoms with Crippen molar-refractivity contribution in [1.82, 2.24) is 15.0 Å². The summed E-state index contributed by atoms with van der Waals surface area (Å²) < 4.78 is 34.3. The molecule has 4 N–H and O–H groups in total. The van der Waals surface area contributed by atoms with E-state index in [0.29, 0.717) is 23.1 Å². The van der Waals surface area contributed by atoms with Crippen molar-refractivity contribution in [3.63, 3.8) is 0 Å². The highest BCUT2D eigenvalue weighted by Crippen LogP contribution is 2.33. The van der Waals surface area contributed by atoms with Crippen LogP contribution in [-0.4, -0.2) is 48.9 Å². The van der Waals surface area contributed by atoms with Gasteiger partial charge in [0.25, 0.3) is 0 Å². The average molecular weight is 483 g/mol. The number of carbonyl (C=O) groups is 1. The fraction of sp³-hybridized carbons (Fsp3) is 0.304. The number of pyridine rings is 1. The van der Waals surface area contributed by atoms with Gasteiger partial charge in [0.1, 0.15) is 12.3 Å². The molecule has 1 fully saturated rings. The molecule has 178 valence electrons. The van der Waals surface area contributed by atoms with Gasteiger partial charge in [-0.2, -0.15) is 4.72 Å². The molecule has 1 aliphatic rings. The van der Waals surface area contributed by atoms with Gasteiger partial charge in [-0.3, -0.25) is 9.78 Å². The Labute approximate surface area is 198 Å². The molecule has 2 atom stereocenters. The number of hydrogen-bond donors (Lipinski definition) is 4. The first-order valence-electron chi connectivity index (χ1n) is 11.0. The van der Waals surface area contributed by atoms with Crippen LogP contribution in [0, 0.1) is 5.92 Å². The molecule has 0 bridgehead atoms. The molecular formula is C23H26BN3O6S. The van der Waals surface area contributed by atoms with Crippen LogP contribution in [0.25, 0.3) is 10.8 Å².